The minimum atomic E-state index is -0.508. The molecule has 0 radical (unpaired) electrons. The van der Waals surface area contributed by atoms with Gasteiger partial charge in [-0.1, -0.05) is 0 Å². The Morgan fingerprint density at radius 2 is 1.88 bits per heavy atom. The minimum Gasteiger partial charge on any atom is -0.304 e. The molecule has 0 aliphatic heterocycles. The van der Waals surface area contributed by atoms with Crippen LogP contribution in [0.1, 0.15) is 6.92 Å². The molecule has 8 heavy (non-hydrogen) atoms. The molecule has 0 saturated carbocycles. The van der Waals surface area contributed by atoms with Crippen molar-refractivity contribution in [1.29, 1.82) is 0 Å². The van der Waals surface area contributed by atoms with Gasteiger partial charge in [-0.05, 0) is 18.5 Å². The molecule has 2 nitrogen and oxygen atoms in total. The second-order valence-electron chi connectivity index (χ2n) is 0.724. The molecule has 0 N–H and O–H groups in total. The van der Waals surface area contributed by atoms with Gasteiger partial charge < -0.3 is 4.79 Å². The van der Waals surface area contributed by atoms with Crippen LogP contribution in [0.4, 0.5) is 0 Å². The standard InChI is InChI=1S/C2H2Cl2O.C2H4O/c3-1-2(4)5;1-2-3/h1H2;2H,1H3. The van der Waals surface area contributed by atoms with Crippen LogP contribution in [0.15, 0.2) is 0 Å². The molecule has 0 aromatic heterocycles. The average Bonchev–Trinajstić information content (AvgIpc) is 1.69. The SMILES string of the molecule is CC=O.O=C(Cl)CCl. The summed E-state index contributed by atoms with van der Waals surface area (Å²) in [4.78, 5) is 18.3. The molecule has 0 atom stereocenters. The lowest BCUT2D eigenvalue weighted by Crippen LogP contribution is -1.81. The maximum absolute atomic E-state index is 9.45. The molecule has 0 spiro atoms. The van der Waals surface area contributed by atoms with Crippen molar-refractivity contribution in [3.8, 4) is 0 Å². The van der Waals surface area contributed by atoms with E-state index < -0.39 is 5.24 Å². The van der Waals surface area contributed by atoms with Crippen molar-refractivity contribution >= 4 is 34.7 Å². The Bertz CT molecular complexity index is 72.4. The summed E-state index contributed by atoms with van der Waals surface area (Å²) in [5, 5.41) is -0.508. The van der Waals surface area contributed by atoms with Crippen molar-refractivity contribution in [2.24, 2.45) is 0 Å². The van der Waals surface area contributed by atoms with Crippen molar-refractivity contribution in [2.75, 3.05) is 5.88 Å². The Kier molecular flexibility index (Phi) is 13.6. The zero-order valence-corrected chi connectivity index (χ0v) is 5.87. The van der Waals surface area contributed by atoms with Crippen molar-refractivity contribution in [3.63, 3.8) is 0 Å². The molecular weight excluding hydrogens is 151 g/mol. The van der Waals surface area contributed by atoms with Crippen molar-refractivity contribution in [3.05, 3.63) is 0 Å². The normalized spacial score (nSPS) is 6.38. The monoisotopic (exact) mass is 156 g/mol. The highest BCUT2D eigenvalue weighted by Gasteiger charge is 1.83. The van der Waals surface area contributed by atoms with Crippen LogP contribution in [0, 0.1) is 0 Å². The maximum atomic E-state index is 9.45. The van der Waals surface area contributed by atoms with Crippen LogP contribution < -0.4 is 0 Å². The Morgan fingerprint density at radius 3 is 1.88 bits per heavy atom. The number of hydrogen-bond donors (Lipinski definition) is 0. The smallest absolute Gasteiger partial charge is 0.236 e. The molecule has 0 amide bonds. The third-order valence-electron chi connectivity index (χ3n) is 0.105. The third-order valence-corrected chi connectivity index (χ3v) is 0.618. The number of aldehydes is 1. The summed E-state index contributed by atoms with van der Waals surface area (Å²) in [6, 6.07) is 0. The minimum absolute atomic E-state index is 0.0957. The molecular formula is C4H6Cl2O2. The van der Waals surface area contributed by atoms with Crippen molar-refractivity contribution < 1.29 is 9.59 Å². The molecule has 48 valence electrons. The van der Waals surface area contributed by atoms with Gasteiger partial charge in [-0.25, -0.2) is 0 Å². The molecule has 0 unspecified atom stereocenters. The number of alkyl halides is 1. The van der Waals surface area contributed by atoms with E-state index in [1.807, 2.05) is 0 Å². The van der Waals surface area contributed by atoms with E-state index in [1.54, 1.807) is 0 Å². The van der Waals surface area contributed by atoms with E-state index in [0.29, 0.717) is 0 Å². The zero-order valence-electron chi connectivity index (χ0n) is 4.36. The second-order valence-corrected chi connectivity index (χ2v) is 1.41. The molecule has 0 aromatic rings. The molecule has 0 aromatic carbocycles. The van der Waals surface area contributed by atoms with Gasteiger partial charge in [0, 0.05) is 0 Å². The van der Waals surface area contributed by atoms with E-state index in [4.69, 9.17) is 28.0 Å². The number of carbonyl (C=O) groups is 2. The van der Waals surface area contributed by atoms with Crippen LogP contribution >= 0.6 is 23.2 Å². The van der Waals surface area contributed by atoms with Gasteiger partial charge in [0.15, 0.2) is 0 Å². The van der Waals surface area contributed by atoms with Gasteiger partial charge in [-0.3, -0.25) is 4.79 Å². The maximum Gasteiger partial charge on any atom is 0.236 e. The quantitative estimate of drug-likeness (QED) is 0.325. The predicted molar refractivity (Wildman–Crippen MR) is 33.3 cm³/mol. The second kappa shape index (κ2) is 10.0. The molecule has 0 rings (SSSR count). The van der Waals surface area contributed by atoms with Crippen LogP contribution in [-0.2, 0) is 9.59 Å². The Balaban J connectivity index is 0. The summed E-state index contributed by atoms with van der Waals surface area (Å²) < 4.78 is 0. The van der Waals surface area contributed by atoms with Crippen LogP contribution in [0.25, 0.3) is 0 Å². The molecule has 4 heteroatoms. The van der Waals surface area contributed by atoms with Gasteiger partial charge in [0.05, 0.1) is 5.88 Å². The summed E-state index contributed by atoms with van der Waals surface area (Å²) in [7, 11) is 0. The van der Waals surface area contributed by atoms with E-state index in [0.717, 1.165) is 6.29 Å². The summed E-state index contributed by atoms with van der Waals surface area (Å²) in [6.45, 7) is 1.44. The first-order valence-corrected chi connectivity index (χ1v) is 2.74. The molecule has 0 saturated heterocycles. The lowest BCUT2D eigenvalue weighted by Gasteiger charge is -1.65. The van der Waals surface area contributed by atoms with Crippen molar-refractivity contribution in [2.45, 2.75) is 6.92 Å². The number of halogens is 2. The molecule has 0 bridgehead atoms. The van der Waals surface area contributed by atoms with Crippen LogP contribution in [0.2, 0.25) is 0 Å². The van der Waals surface area contributed by atoms with E-state index in [2.05, 4.69) is 0 Å². The highest BCUT2D eigenvalue weighted by atomic mass is 35.5. The van der Waals surface area contributed by atoms with Gasteiger partial charge in [0.25, 0.3) is 0 Å². The Morgan fingerprint density at radius 1 is 1.75 bits per heavy atom. The highest BCUT2D eigenvalue weighted by molar-refractivity contribution is 6.67. The van der Waals surface area contributed by atoms with Crippen LogP contribution in [0.3, 0.4) is 0 Å². The fourth-order valence-electron chi connectivity index (χ4n) is 0. The molecule has 0 aliphatic carbocycles. The first-order valence-electron chi connectivity index (χ1n) is 1.83. The number of hydrogen-bond acceptors (Lipinski definition) is 2. The van der Waals surface area contributed by atoms with Gasteiger partial charge >= 0.3 is 0 Å². The van der Waals surface area contributed by atoms with Crippen LogP contribution in [0.5, 0.6) is 0 Å². The highest BCUT2D eigenvalue weighted by Crippen LogP contribution is 1.80. The third kappa shape index (κ3) is 38.9. The zero-order chi connectivity index (χ0) is 6.99. The van der Waals surface area contributed by atoms with E-state index in [-0.39, 0.29) is 5.88 Å². The van der Waals surface area contributed by atoms with E-state index in [9.17, 15) is 4.79 Å². The number of rotatable bonds is 1. The van der Waals surface area contributed by atoms with Gasteiger partial charge in [-0.15, -0.1) is 11.6 Å². The fourth-order valence-corrected chi connectivity index (χ4v) is 0. The molecule has 0 fully saturated rings. The summed E-state index contributed by atoms with van der Waals surface area (Å²) >= 11 is 9.55. The van der Waals surface area contributed by atoms with Crippen LogP contribution in [-0.4, -0.2) is 17.4 Å². The van der Waals surface area contributed by atoms with Gasteiger partial charge in [-0.2, -0.15) is 0 Å². The predicted octanol–water partition coefficient (Wildman–Crippen LogP) is 1.20. The lowest BCUT2D eigenvalue weighted by molar-refractivity contribution is -0.109. The van der Waals surface area contributed by atoms with Gasteiger partial charge in [0.1, 0.15) is 6.29 Å². The summed E-state index contributed by atoms with van der Waals surface area (Å²) in [5.41, 5.74) is 0. The molecule has 0 aliphatic rings. The number of carbonyl (C=O) groups excluding carboxylic acids is 2. The Hall–Kier alpha value is -0.0800. The summed E-state index contributed by atoms with van der Waals surface area (Å²) in [5.74, 6) is -0.0957. The van der Waals surface area contributed by atoms with Gasteiger partial charge in [0.2, 0.25) is 5.24 Å². The van der Waals surface area contributed by atoms with E-state index in [1.165, 1.54) is 6.92 Å². The Labute approximate surface area is 57.8 Å². The fraction of sp³-hybridized carbons (Fsp3) is 0.500. The summed E-state index contributed by atoms with van der Waals surface area (Å²) in [6.07, 6.45) is 0.750. The first kappa shape index (κ1) is 10.8. The topological polar surface area (TPSA) is 34.1 Å². The van der Waals surface area contributed by atoms with Crippen molar-refractivity contribution in [1.82, 2.24) is 0 Å². The average molecular weight is 157 g/mol. The first-order chi connectivity index (χ1) is 3.68. The largest absolute Gasteiger partial charge is 0.304 e. The lowest BCUT2D eigenvalue weighted by atomic mass is 10.9. The molecule has 0 heterocycles. The van der Waals surface area contributed by atoms with E-state index >= 15 is 0 Å².